The van der Waals surface area contributed by atoms with Crippen molar-refractivity contribution in [1.82, 2.24) is 10.6 Å². The maximum absolute atomic E-state index is 13.3. The number of benzene rings is 1. The lowest BCUT2D eigenvalue weighted by molar-refractivity contribution is -0.290. The molecule has 1 fully saturated rings. The summed E-state index contributed by atoms with van der Waals surface area (Å²) in [7, 11) is 0. The van der Waals surface area contributed by atoms with E-state index in [9.17, 15) is 36.6 Å². The van der Waals surface area contributed by atoms with E-state index in [0.717, 1.165) is 13.0 Å². The number of hydrogen-bond donors (Lipinski definition) is 3. The molecule has 0 bridgehead atoms. The molecule has 0 unspecified atom stereocenters. The summed E-state index contributed by atoms with van der Waals surface area (Å²) in [6.45, 7) is 0.785. The zero-order valence-electron chi connectivity index (χ0n) is 11.5. The molecule has 2 rings (SSSR count). The molecule has 10 heteroatoms. The summed E-state index contributed by atoms with van der Waals surface area (Å²) in [6, 6.07) is -0.984. The Morgan fingerprint density at radius 3 is 2.35 bits per heavy atom. The van der Waals surface area contributed by atoms with Crippen molar-refractivity contribution in [2.75, 3.05) is 0 Å². The van der Waals surface area contributed by atoms with Gasteiger partial charge in [-0.25, -0.2) is 13.6 Å². The molecule has 1 aromatic carbocycles. The van der Waals surface area contributed by atoms with Crippen molar-refractivity contribution in [3.63, 3.8) is 0 Å². The van der Waals surface area contributed by atoms with Gasteiger partial charge in [0.05, 0.1) is 12.0 Å². The summed E-state index contributed by atoms with van der Waals surface area (Å²) >= 11 is 0. The van der Waals surface area contributed by atoms with E-state index in [1.165, 1.54) is 5.32 Å². The lowest BCUT2D eigenvalue weighted by atomic mass is 9.79. The zero-order valence-corrected chi connectivity index (χ0v) is 11.5. The first-order valence-corrected chi connectivity index (χ1v) is 6.30. The number of ketones is 1. The highest BCUT2D eigenvalue weighted by atomic mass is 19.4. The third kappa shape index (κ3) is 2.85. The van der Waals surface area contributed by atoms with Crippen molar-refractivity contribution in [2.45, 2.75) is 24.9 Å². The maximum Gasteiger partial charge on any atom is 0.437 e. The van der Waals surface area contributed by atoms with Gasteiger partial charge >= 0.3 is 12.2 Å². The van der Waals surface area contributed by atoms with Crippen LogP contribution in [0.25, 0.3) is 0 Å². The molecule has 3 N–H and O–H groups in total. The number of alkyl halides is 3. The molecule has 126 valence electrons. The van der Waals surface area contributed by atoms with Crippen LogP contribution in [0.3, 0.4) is 0 Å². The first-order chi connectivity index (χ1) is 10.5. The third-order valence-corrected chi connectivity index (χ3v) is 3.55. The molecule has 0 radical (unpaired) electrons. The molecular formula is C13H11F5N2O3. The van der Waals surface area contributed by atoms with E-state index in [4.69, 9.17) is 0 Å². The number of Topliss-reactive ketones (excluding diaryl/α,β-unsaturated/α-hetero) is 1. The zero-order chi connectivity index (χ0) is 17.6. The van der Waals surface area contributed by atoms with E-state index in [0.29, 0.717) is 12.1 Å². The van der Waals surface area contributed by atoms with E-state index in [1.807, 2.05) is 5.32 Å². The Morgan fingerprint density at radius 2 is 1.87 bits per heavy atom. The minimum Gasteiger partial charge on any atom is -0.363 e. The molecule has 0 aromatic heterocycles. The summed E-state index contributed by atoms with van der Waals surface area (Å²) in [5.41, 5.74) is -4.13. The number of urea groups is 1. The summed E-state index contributed by atoms with van der Waals surface area (Å²) in [5.74, 6) is -5.91. The smallest absolute Gasteiger partial charge is 0.363 e. The average Bonchev–Trinajstić information content (AvgIpc) is 2.39. The van der Waals surface area contributed by atoms with Crippen LogP contribution in [0.4, 0.5) is 26.7 Å². The summed E-state index contributed by atoms with van der Waals surface area (Å²) in [6.07, 6.45) is -5.36. The van der Waals surface area contributed by atoms with Gasteiger partial charge < -0.3 is 15.7 Å². The van der Waals surface area contributed by atoms with Gasteiger partial charge in [0, 0.05) is 0 Å². The summed E-state index contributed by atoms with van der Waals surface area (Å²) < 4.78 is 65.8. The second kappa shape index (κ2) is 5.44. The standard InChI is InChI=1S/C13H11F5N2O3/c1-5(21)9-10(6-2-3-7(14)8(15)4-6)19-11(22)20-12(9,23)13(16,17)18/h2-4,9-10,23H,1H3,(H2,19,20,22)/t9-,10-,12-/m1/s1. The molecule has 5 nitrogen and oxygen atoms in total. The van der Waals surface area contributed by atoms with Crippen LogP contribution < -0.4 is 10.6 Å². The summed E-state index contributed by atoms with van der Waals surface area (Å²) in [5, 5.41) is 13.2. The van der Waals surface area contributed by atoms with Gasteiger partial charge in [0.1, 0.15) is 5.78 Å². The van der Waals surface area contributed by atoms with Crippen molar-refractivity contribution < 1.29 is 36.6 Å². The predicted octanol–water partition coefficient (Wildman–Crippen LogP) is 1.77. The van der Waals surface area contributed by atoms with Gasteiger partial charge in [-0.3, -0.25) is 4.79 Å². The number of rotatable bonds is 2. The van der Waals surface area contributed by atoms with E-state index < -0.39 is 47.3 Å². The monoisotopic (exact) mass is 338 g/mol. The Morgan fingerprint density at radius 1 is 1.26 bits per heavy atom. The van der Waals surface area contributed by atoms with Crippen LogP contribution in [0.15, 0.2) is 18.2 Å². The summed E-state index contributed by atoms with van der Waals surface area (Å²) in [4.78, 5) is 23.2. The van der Waals surface area contributed by atoms with Crippen LogP contribution >= 0.6 is 0 Å². The predicted molar refractivity (Wildman–Crippen MR) is 65.9 cm³/mol. The van der Waals surface area contributed by atoms with Crippen molar-refractivity contribution in [1.29, 1.82) is 0 Å². The largest absolute Gasteiger partial charge is 0.437 e. The van der Waals surface area contributed by atoms with Crippen molar-refractivity contribution >= 4 is 11.8 Å². The number of amides is 2. The Bertz CT molecular complexity index is 664. The number of hydrogen-bond acceptors (Lipinski definition) is 3. The van der Waals surface area contributed by atoms with Crippen molar-refractivity contribution in [2.24, 2.45) is 5.92 Å². The number of carbonyl (C=O) groups is 2. The molecule has 2 amide bonds. The van der Waals surface area contributed by atoms with E-state index in [-0.39, 0.29) is 5.56 Å². The molecule has 0 aliphatic carbocycles. The Hall–Kier alpha value is -2.23. The molecule has 1 aliphatic rings. The van der Waals surface area contributed by atoms with Gasteiger partial charge in [0.2, 0.25) is 5.72 Å². The quantitative estimate of drug-likeness (QED) is 0.719. The van der Waals surface area contributed by atoms with E-state index >= 15 is 0 Å². The molecule has 0 saturated carbocycles. The fourth-order valence-electron chi connectivity index (χ4n) is 2.51. The van der Waals surface area contributed by atoms with Gasteiger partial charge in [0.15, 0.2) is 11.6 Å². The molecule has 23 heavy (non-hydrogen) atoms. The number of nitrogens with one attached hydrogen (secondary N) is 2. The minimum absolute atomic E-state index is 0.290. The molecule has 0 spiro atoms. The van der Waals surface area contributed by atoms with Gasteiger partial charge in [-0.15, -0.1) is 0 Å². The Labute approximate surface area is 126 Å². The van der Waals surface area contributed by atoms with Gasteiger partial charge in [-0.2, -0.15) is 13.2 Å². The molecule has 1 heterocycles. The second-order valence-electron chi connectivity index (χ2n) is 5.10. The van der Waals surface area contributed by atoms with E-state index in [1.54, 1.807) is 0 Å². The molecular weight excluding hydrogens is 327 g/mol. The minimum atomic E-state index is -5.36. The Balaban J connectivity index is 2.58. The molecule has 1 saturated heterocycles. The van der Waals surface area contributed by atoms with Crippen LogP contribution in [-0.2, 0) is 4.79 Å². The first kappa shape index (κ1) is 17.1. The fourth-order valence-corrected chi connectivity index (χ4v) is 2.51. The van der Waals surface area contributed by atoms with Crippen LogP contribution in [0, 0.1) is 17.6 Å². The highest BCUT2D eigenvalue weighted by Gasteiger charge is 2.65. The van der Waals surface area contributed by atoms with Gasteiger partial charge in [0.25, 0.3) is 0 Å². The third-order valence-electron chi connectivity index (χ3n) is 3.55. The molecule has 3 atom stereocenters. The SMILES string of the molecule is CC(=O)[C@@H]1[C@@H](c2ccc(F)c(F)c2)NC(=O)N[C@]1(O)C(F)(F)F. The topological polar surface area (TPSA) is 78.4 Å². The van der Waals surface area contributed by atoms with Crippen LogP contribution in [0.5, 0.6) is 0 Å². The normalized spacial score (nSPS) is 28.0. The molecule has 1 aromatic rings. The van der Waals surface area contributed by atoms with Gasteiger partial charge in [-0.05, 0) is 24.6 Å². The maximum atomic E-state index is 13.3. The number of halogens is 5. The van der Waals surface area contributed by atoms with Crippen molar-refractivity contribution in [3.8, 4) is 0 Å². The van der Waals surface area contributed by atoms with Crippen LogP contribution in [-0.4, -0.2) is 28.8 Å². The van der Waals surface area contributed by atoms with Crippen LogP contribution in [0.1, 0.15) is 18.5 Å². The second-order valence-corrected chi connectivity index (χ2v) is 5.10. The number of carbonyl (C=O) groups excluding carboxylic acids is 2. The Kier molecular flexibility index (Phi) is 4.05. The van der Waals surface area contributed by atoms with E-state index in [2.05, 4.69) is 0 Å². The van der Waals surface area contributed by atoms with Crippen LogP contribution in [0.2, 0.25) is 0 Å². The fraction of sp³-hybridized carbons (Fsp3) is 0.385. The lowest BCUT2D eigenvalue weighted by Gasteiger charge is -2.44. The first-order valence-electron chi connectivity index (χ1n) is 6.30. The highest BCUT2D eigenvalue weighted by Crippen LogP contribution is 2.42. The lowest BCUT2D eigenvalue weighted by Crippen LogP contribution is -2.72. The average molecular weight is 338 g/mol. The highest BCUT2D eigenvalue weighted by molar-refractivity contribution is 5.86. The van der Waals surface area contributed by atoms with Crippen molar-refractivity contribution in [3.05, 3.63) is 35.4 Å². The molecule has 1 aliphatic heterocycles. The van der Waals surface area contributed by atoms with Gasteiger partial charge in [-0.1, -0.05) is 6.07 Å². The number of aliphatic hydroxyl groups is 1.